The average molecular weight is 531 g/mol. The molecule has 1 saturated heterocycles. The maximum atomic E-state index is 13.7. The summed E-state index contributed by atoms with van der Waals surface area (Å²) >= 11 is 0. The van der Waals surface area contributed by atoms with Crippen LogP contribution in [0.15, 0.2) is 71.9 Å². The maximum Gasteiger partial charge on any atom is 0.256 e. The van der Waals surface area contributed by atoms with Crippen molar-refractivity contribution < 1.29 is 18.4 Å². The fraction of sp³-hybridized carbons (Fsp3) is 0.241. The molecule has 0 unspecified atom stereocenters. The topological polar surface area (TPSA) is 81.1 Å². The minimum Gasteiger partial charge on any atom is -0.355 e. The highest BCUT2D eigenvalue weighted by atomic mass is 19.1. The van der Waals surface area contributed by atoms with Gasteiger partial charge >= 0.3 is 0 Å². The smallest absolute Gasteiger partial charge is 0.256 e. The van der Waals surface area contributed by atoms with E-state index in [0.717, 1.165) is 13.1 Å². The summed E-state index contributed by atoms with van der Waals surface area (Å²) in [6.45, 7) is 3.50. The van der Waals surface area contributed by atoms with Crippen LogP contribution >= 0.6 is 0 Å². The van der Waals surface area contributed by atoms with E-state index in [9.17, 15) is 18.4 Å². The maximum absolute atomic E-state index is 13.7. The molecule has 2 aliphatic rings. The van der Waals surface area contributed by atoms with Gasteiger partial charge in [0.1, 0.15) is 17.5 Å². The van der Waals surface area contributed by atoms with Crippen LogP contribution in [-0.4, -0.2) is 84.0 Å². The lowest BCUT2D eigenvalue weighted by Crippen LogP contribution is -2.50. The lowest BCUT2D eigenvalue weighted by molar-refractivity contribution is -0.133. The van der Waals surface area contributed by atoms with Gasteiger partial charge in [-0.2, -0.15) is 0 Å². The predicted molar refractivity (Wildman–Crippen MR) is 146 cm³/mol. The van der Waals surface area contributed by atoms with Gasteiger partial charge in [0.2, 0.25) is 5.91 Å². The number of rotatable bonds is 6. The third kappa shape index (κ3) is 6.18. The number of hydrogen-bond donors (Lipinski definition) is 1. The third-order valence-corrected chi connectivity index (χ3v) is 6.74. The Hall–Kier alpha value is -4.44. The second kappa shape index (κ2) is 11.5. The summed E-state index contributed by atoms with van der Waals surface area (Å²) in [5.74, 6) is -0.939. The summed E-state index contributed by atoms with van der Waals surface area (Å²) in [4.78, 5) is 40.9. The molecule has 0 aliphatic carbocycles. The van der Waals surface area contributed by atoms with Gasteiger partial charge in [-0.1, -0.05) is 0 Å². The van der Waals surface area contributed by atoms with Crippen molar-refractivity contribution >= 4 is 35.2 Å². The normalized spacial score (nSPS) is 16.0. The molecule has 0 saturated carbocycles. The second-order valence-corrected chi connectivity index (χ2v) is 9.47. The SMILES string of the molecule is CN1CCN(C(=O)CN2CC=NC(c3ccc(F)cc3)=C2c2ccnc(NC(=O)c3ccc(F)cc3)c2)CC1. The van der Waals surface area contributed by atoms with E-state index in [1.54, 1.807) is 36.7 Å². The highest BCUT2D eigenvalue weighted by molar-refractivity contribution is 6.04. The number of carbonyl (C=O) groups is 2. The van der Waals surface area contributed by atoms with Crippen LogP contribution in [0, 0.1) is 11.6 Å². The lowest BCUT2D eigenvalue weighted by Gasteiger charge is -2.36. The van der Waals surface area contributed by atoms with Gasteiger partial charge in [-0.15, -0.1) is 0 Å². The van der Waals surface area contributed by atoms with Gasteiger partial charge in [-0.05, 0) is 67.7 Å². The molecule has 0 atom stereocenters. The molecule has 10 heteroatoms. The summed E-state index contributed by atoms with van der Waals surface area (Å²) in [5.41, 5.74) is 2.91. The first-order valence-corrected chi connectivity index (χ1v) is 12.6. The molecule has 8 nitrogen and oxygen atoms in total. The molecule has 5 rings (SSSR count). The van der Waals surface area contributed by atoms with Crippen LogP contribution < -0.4 is 5.32 Å². The zero-order chi connectivity index (χ0) is 27.4. The monoisotopic (exact) mass is 530 g/mol. The number of pyridine rings is 1. The molecule has 3 heterocycles. The summed E-state index contributed by atoms with van der Waals surface area (Å²) < 4.78 is 27.0. The Kier molecular flexibility index (Phi) is 7.74. The number of anilines is 1. The van der Waals surface area contributed by atoms with Crippen molar-refractivity contribution in [1.29, 1.82) is 0 Å². The fourth-order valence-corrected chi connectivity index (χ4v) is 4.57. The molecule has 1 aromatic heterocycles. The minimum atomic E-state index is -0.434. The minimum absolute atomic E-state index is 0.00764. The van der Waals surface area contributed by atoms with Gasteiger partial charge in [0.05, 0.1) is 24.5 Å². The average Bonchev–Trinajstić information content (AvgIpc) is 2.94. The van der Waals surface area contributed by atoms with Crippen LogP contribution in [0.5, 0.6) is 0 Å². The Balaban J connectivity index is 1.47. The standard InChI is InChI=1S/C29H28F2N6O2/c1-35-14-16-36(17-15-35)26(38)19-37-13-12-33-27(20-2-6-23(30)7-3-20)28(37)22-10-11-32-25(18-22)34-29(39)21-4-8-24(31)9-5-21/h2-12,18H,13-17,19H2,1H3,(H,32,34,39). The van der Waals surface area contributed by atoms with E-state index in [1.165, 1.54) is 36.4 Å². The molecule has 1 N–H and O–H groups in total. The van der Waals surface area contributed by atoms with Crippen molar-refractivity contribution in [1.82, 2.24) is 19.7 Å². The van der Waals surface area contributed by atoms with E-state index in [4.69, 9.17) is 0 Å². The van der Waals surface area contributed by atoms with Crippen LogP contribution in [0.3, 0.4) is 0 Å². The quantitative estimate of drug-likeness (QED) is 0.527. The number of carbonyl (C=O) groups excluding carboxylic acids is 2. The van der Waals surface area contributed by atoms with Crippen LogP contribution in [-0.2, 0) is 4.79 Å². The Labute approximate surface area is 225 Å². The number of nitrogens with one attached hydrogen (secondary N) is 1. The van der Waals surface area contributed by atoms with Crippen molar-refractivity contribution in [2.24, 2.45) is 4.99 Å². The Morgan fingerprint density at radius 3 is 2.26 bits per heavy atom. The number of benzene rings is 2. The van der Waals surface area contributed by atoms with E-state index in [2.05, 4.69) is 20.2 Å². The number of piperazine rings is 1. The highest BCUT2D eigenvalue weighted by Crippen LogP contribution is 2.33. The van der Waals surface area contributed by atoms with Crippen molar-refractivity contribution in [2.75, 3.05) is 51.6 Å². The number of aliphatic imine (C=N–C) groups is 1. The molecular formula is C29H28F2N6O2. The van der Waals surface area contributed by atoms with Crippen LogP contribution in [0.1, 0.15) is 21.5 Å². The Bertz CT molecular complexity index is 1410. The number of hydrogen-bond acceptors (Lipinski definition) is 6. The first-order chi connectivity index (χ1) is 18.9. The molecular weight excluding hydrogens is 502 g/mol. The lowest BCUT2D eigenvalue weighted by atomic mass is 10.0. The number of likely N-dealkylation sites (N-methyl/N-ethyl adjacent to an activating group) is 1. The summed E-state index contributed by atoms with van der Waals surface area (Å²) in [6, 6.07) is 14.7. The fourth-order valence-electron chi connectivity index (χ4n) is 4.57. The molecule has 0 radical (unpaired) electrons. The van der Waals surface area contributed by atoms with Gasteiger partial charge in [0.25, 0.3) is 5.91 Å². The largest absolute Gasteiger partial charge is 0.355 e. The molecule has 2 aromatic carbocycles. The van der Waals surface area contributed by atoms with Crippen LogP contribution in [0.4, 0.5) is 14.6 Å². The first kappa shape index (κ1) is 26.2. The number of nitrogens with zero attached hydrogens (tertiary/aromatic N) is 5. The molecule has 2 amide bonds. The van der Waals surface area contributed by atoms with Gasteiger partial charge in [0.15, 0.2) is 0 Å². The highest BCUT2D eigenvalue weighted by Gasteiger charge is 2.27. The molecule has 0 bridgehead atoms. The third-order valence-electron chi connectivity index (χ3n) is 6.74. The van der Waals surface area contributed by atoms with Gasteiger partial charge in [0, 0.05) is 55.3 Å². The predicted octanol–water partition coefficient (Wildman–Crippen LogP) is 3.60. The summed E-state index contributed by atoms with van der Waals surface area (Å²) in [5, 5.41) is 2.75. The van der Waals surface area contributed by atoms with E-state index in [1.807, 2.05) is 16.8 Å². The number of amides is 2. The number of halogens is 2. The van der Waals surface area contributed by atoms with E-state index >= 15 is 0 Å². The van der Waals surface area contributed by atoms with Gasteiger partial charge in [-0.3, -0.25) is 14.6 Å². The zero-order valence-corrected chi connectivity index (χ0v) is 21.5. The van der Waals surface area contributed by atoms with Crippen molar-refractivity contribution in [3.05, 3.63) is 95.2 Å². The first-order valence-electron chi connectivity index (χ1n) is 12.6. The number of aromatic nitrogens is 1. The van der Waals surface area contributed by atoms with Crippen LogP contribution in [0.25, 0.3) is 11.4 Å². The molecule has 2 aliphatic heterocycles. The summed E-state index contributed by atoms with van der Waals surface area (Å²) in [6.07, 6.45) is 3.29. The van der Waals surface area contributed by atoms with Gasteiger partial charge in [-0.25, -0.2) is 13.8 Å². The van der Waals surface area contributed by atoms with Crippen molar-refractivity contribution in [3.63, 3.8) is 0 Å². The zero-order valence-electron chi connectivity index (χ0n) is 21.5. The van der Waals surface area contributed by atoms with Crippen molar-refractivity contribution in [2.45, 2.75) is 0 Å². The van der Waals surface area contributed by atoms with Crippen molar-refractivity contribution in [3.8, 4) is 0 Å². The molecule has 1 fully saturated rings. The molecule has 3 aromatic rings. The van der Waals surface area contributed by atoms with Gasteiger partial charge < -0.3 is 20.0 Å². The second-order valence-electron chi connectivity index (χ2n) is 9.47. The molecule has 39 heavy (non-hydrogen) atoms. The van der Waals surface area contributed by atoms with E-state index in [0.29, 0.717) is 42.2 Å². The summed E-state index contributed by atoms with van der Waals surface area (Å²) in [7, 11) is 2.04. The Morgan fingerprint density at radius 2 is 1.56 bits per heavy atom. The van der Waals surface area contributed by atoms with E-state index < -0.39 is 11.7 Å². The molecule has 200 valence electrons. The van der Waals surface area contributed by atoms with Crippen LogP contribution in [0.2, 0.25) is 0 Å². The van der Waals surface area contributed by atoms with E-state index in [-0.39, 0.29) is 29.7 Å². The molecule has 0 spiro atoms. The Morgan fingerprint density at radius 1 is 0.897 bits per heavy atom.